The zero-order valence-corrected chi connectivity index (χ0v) is 10.6. The van der Waals surface area contributed by atoms with Crippen molar-refractivity contribution in [2.75, 3.05) is 0 Å². The number of hydrogen-bond acceptors (Lipinski definition) is 5. The van der Waals surface area contributed by atoms with Gasteiger partial charge in [0.25, 0.3) is 5.69 Å². The molecule has 0 spiro atoms. The third-order valence-electron chi connectivity index (χ3n) is 2.31. The maximum atomic E-state index is 11.1. The van der Waals surface area contributed by atoms with E-state index in [4.69, 9.17) is 21.4 Å². The number of nitro benzene ring substituents is 1. The summed E-state index contributed by atoms with van der Waals surface area (Å²) in [6.07, 6.45) is 2.69. The number of benzene rings is 1. The Morgan fingerprint density at radius 3 is 2.70 bits per heavy atom. The zero-order valence-electron chi connectivity index (χ0n) is 9.82. The minimum Gasteiger partial charge on any atom is -0.478 e. The molecule has 0 atom stereocenters. The summed E-state index contributed by atoms with van der Waals surface area (Å²) in [5.74, 6) is -1.24. The topological polar surface area (TPSA) is 103 Å². The molecule has 102 valence electrons. The highest BCUT2D eigenvalue weighted by molar-refractivity contribution is 6.30. The van der Waals surface area contributed by atoms with Crippen LogP contribution in [-0.2, 0) is 0 Å². The molecule has 2 aromatic rings. The largest absolute Gasteiger partial charge is 0.478 e. The highest BCUT2D eigenvalue weighted by atomic mass is 35.5. The number of rotatable bonds is 4. The monoisotopic (exact) mass is 294 g/mol. The first kappa shape index (κ1) is 13.8. The average Bonchev–Trinajstić information content (AvgIpc) is 2.38. The first-order valence-electron chi connectivity index (χ1n) is 5.27. The van der Waals surface area contributed by atoms with Crippen LogP contribution in [0.15, 0.2) is 36.7 Å². The van der Waals surface area contributed by atoms with Gasteiger partial charge in [0.05, 0.1) is 22.2 Å². The van der Waals surface area contributed by atoms with Crippen LogP contribution in [0, 0.1) is 10.1 Å². The van der Waals surface area contributed by atoms with E-state index in [1.165, 1.54) is 18.5 Å². The number of ether oxygens (including phenoxy) is 1. The molecule has 0 aliphatic carbocycles. The molecule has 1 aromatic heterocycles. The molecule has 0 radical (unpaired) electrons. The molecule has 0 saturated heterocycles. The summed E-state index contributed by atoms with van der Waals surface area (Å²) in [5, 5.41) is 20.0. The molecule has 0 fully saturated rings. The van der Waals surface area contributed by atoms with Crippen LogP contribution in [0.3, 0.4) is 0 Å². The van der Waals surface area contributed by atoms with Gasteiger partial charge in [0.2, 0.25) is 0 Å². The van der Waals surface area contributed by atoms with Crippen LogP contribution in [0.5, 0.6) is 11.5 Å². The molecule has 2 rings (SSSR count). The van der Waals surface area contributed by atoms with E-state index in [0.29, 0.717) is 5.02 Å². The van der Waals surface area contributed by atoms with Crippen LogP contribution in [0.1, 0.15) is 10.4 Å². The predicted molar refractivity (Wildman–Crippen MR) is 69.4 cm³/mol. The first-order valence-corrected chi connectivity index (χ1v) is 5.65. The number of hydrogen-bond donors (Lipinski definition) is 1. The second kappa shape index (κ2) is 5.54. The van der Waals surface area contributed by atoms with Gasteiger partial charge < -0.3 is 9.84 Å². The highest BCUT2D eigenvalue weighted by Gasteiger charge is 2.17. The summed E-state index contributed by atoms with van der Waals surface area (Å²) in [7, 11) is 0. The van der Waals surface area contributed by atoms with Gasteiger partial charge in [0.15, 0.2) is 0 Å². The fourth-order valence-corrected chi connectivity index (χ4v) is 1.62. The fourth-order valence-electron chi connectivity index (χ4n) is 1.46. The van der Waals surface area contributed by atoms with Gasteiger partial charge in [-0.05, 0) is 6.07 Å². The number of pyridine rings is 1. The van der Waals surface area contributed by atoms with E-state index >= 15 is 0 Å². The molecule has 0 aliphatic rings. The summed E-state index contributed by atoms with van der Waals surface area (Å²) in [6, 6.07) is 4.64. The zero-order chi connectivity index (χ0) is 14.7. The molecule has 0 unspecified atom stereocenters. The van der Waals surface area contributed by atoms with E-state index in [1.807, 2.05) is 0 Å². The van der Waals surface area contributed by atoms with E-state index in [9.17, 15) is 14.9 Å². The molecule has 20 heavy (non-hydrogen) atoms. The molecule has 1 heterocycles. The van der Waals surface area contributed by atoms with E-state index in [2.05, 4.69) is 4.98 Å². The smallest absolute Gasteiger partial charge is 0.339 e. The molecule has 7 nitrogen and oxygen atoms in total. The van der Waals surface area contributed by atoms with Crippen LogP contribution in [0.2, 0.25) is 5.02 Å². The summed E-state index contributed by atoms with van der Waals surface area (Å²) >= 11 is 5.73. The third kappa shape index (κ3) is 3.01. The Labute approximate surface area is 117 Å². The summed E-state index contributed by atoms with van der Waals surface area (Å²) in [6.45, 7) is 0. The minimum absolute atomic E-state index is 0.157. The lowest BCUT2D eigenvalue weighted by molar-refractivity contribution is -0.384. The molecule has 0 amide bonds. The third-order valence-corrected chi connectivity index (χ3v) is 2.52. The SMILES string of the molecule is O=C(O)c1ccc([N+](=O)[O-])cc1Oc1cncc(Cl)c1. The Kier molecular flexibility index (Phi) is 3.81. The van der Waals surface area contributed by atoms with E-state index in [0.717, 1.165) is 18.2 Å². The van der Waals surface area contributed by atoms with Gasteiger partial charge in [-0.25, -0.2) is 4.79 Å². The van der Waals surface area contributed by atoms with Crippen molar-refractivity contribution >= 4 is 23.3 Å². The second-order valence-corrected chi connectivity index (χ2v) is 4.12. The first-order chi connectivity index (χ1) is 9.47. The molecule has 0 saturated carbocycles. The second-order valence-electron chi connectivity index (χ2n) is 3.68. The van der Waals surface area contributed by atoms with Crippen molar-refractivity contribution in [1.82, 2.24) is 4.98 Å². The Morgan fingerprint density at radius 2 is 2.10 bits per heavy atom. The van der Waals surface area contributed by atoms with Crippen molar-refractivity contribution in [3.63, 3.8) is 0 Å². The van der Waals surface area contributed by atoms with Gasteiger partial charge >= 0.3 is 5.97 Å². The molecular weight excluding hydrogens is 288 g/mol. The maximum absolute atomic E-state index is 11.1. The highest BCUT2D eigenvalue weighted by Crippen LogP contribution is 2.30. The van der Waals surface area contributed by atoms with Crippen molar-refractivity contribution in [3.05, 3.63) is 57.4 Å². The number of aromatic nitrogens is 1. The van der Waals surface area contributed by atoms with Crippen molar-refractivity contribution < 1.29 is 19.6 Å². The summed E-state index contributed by atoms with van der Waals surface area (Å²) in [4.78, 5) is 24.9. The normalized spacial score (nSPS) is 10.1. The van der Waals surface area contributed by atoms with Gasteiger partial charge in [-0.2, -0.15) is 0 Å². The van der Waals surface area contributed by atoms with E-state index in [-0.39, 0.29) is 22.7 Å². The van der Waals surface area contributed by atoms with Crippen LogP contribution in [0.4, 0.5) is 5.69 Å². The van der Waals surface area contributed by atoms with Crippen LogP contribution in [0.25, 0.3) is 0 Å². The molecular formula is C12H7ClN2O5. The van der Waals surface area contributed by atoms with Gasteiger partial charge in [-0.1, -0.05) is 11.6 Å². The Balaban J connectivity index is 2.44. The molecule has 0 aliphatic heterocycles. The molecule has 0 bridgehead atoms. The minimum atomic E-state index is -1.26. The van der Waals surface area contributed by atoms with Gasteiger partial charge in [-0.3, -0.25) is 15.1 Å². The van der Waals surface area contributed by atoms with Gasteiger partial charge in [-0.15, -0.1) is 0 Å². The van der Waals surface area contributed by atoms with Crippen molar-refractivity contribution in [2.45, 2.75) is 0 Å². The van der Waals surface area contributed by atoms with Crippen LogP contribution in [-0.4, -0.2) is 21.0 Å². The standard InChI is InChI=1S/C12H7ClN2O5/c13-7-3-9(6-14-5-7)20-11-4-8(15(18)19)1-2-10(11)12(16)17/h1-6H,(H,16,17). The lowest BCUT2D eigenvalue weighted by atomic mass is 10.2. The number of carbonyl (C=O) groups is 1. The Morgan fingerprint density at radius 1 is 1.35 bits per heavy atom. The molecule has 1 aromatic carbocycles. The number of non-ortho nitro benzene ring substituents is 1. The average molecular weight is 295 g/mol. The predicted octanol–water partition coefficient (Wildman–Crippen LogP) is 3.13. The number of nitro groups is 1. The van der Waals surface area contributed by atoms with E-state index < -0.39 is 10.9 Å². The maximum Gasteiger partial charge on any atom is 0.339 e. The number of carboxylic acids is 1. The fraction of sp³-hybridized carbons (Fsp3) is 0. The van der Waals surface area contributed by atoms with Crippen molar-refractivity contribution in [2.24, 2.45) is 0 Å². The number of aromatic carboxylic acids is 1. The summed E-state index contributed by atoms with van der Waals surface area (Å²) in [5.41, 5.74) is -0.476. The van der Waals surface area contributed by atoms with Crippen LogP contribution < -0.4 is 4.74 Å². The van der Waals surface area contributed by atoms with Crippen molar-refractivity contribution in [1.29, 1.82) is 0 Å². The molecule has 8 heteroatoms. The summed E-state index contributed by atoms with van der Waals surface area (Å²) < 4.78 is 5.31. The van der Waals surface area contributed by atoms with Gasteiger partial charge in [0, 0.05) is 18.3 Å². The Bertz CT molecular complexity index is 689. The quantitative estimate of drug-likeness (QED) is 0.686. The number of nitrogens with zero attached hydrogens (tertiary/aromatic N) is 2. The lowest BCUT2D eigenvalue weighted by Gasteiger charge is -2.08. The van der Waals surface area contributed by atoms with Crippen LogP contribution >= 0.6 is 11.6 Å². The van der Waals surface area contributed by atoms with Gasteiger partial charge in [0.1, 0.15) is 17.1 Å². The van der Waals surface area contributed by atoms with Crippen molar-refractivity contribution in [3.8, 4) is 11.5 Å². The van der Waals surface area contributed by atoms with E-state index in [1.54, 1.807) is 0 Å². The lowest BCUT2D eigenvalue weighted by Crippen LogP contribution is -2.01. The Hall–Kier alpha value is -2.67. The molecule has 1 N–H and O–H groups in total. The number of carboxylic acid groups (broad SMARTS) is 1. The number of halogens is 1.